The molecule has 181 valence electrons. The molecular formula is C33H41SiTi. The quantitative estimate of drug-likeness (QED) is 0.293. The standard InChI is InChI=1S/C31H35Si.2CH3.Ti/c1-20-13-11-14-21(2)30(20)32(31-22(3)15-12-16-23(31)4)19-28-25(6)24(5)26(7)29(28)27-17-9-8-10-18-27;;;/h8-18,32H,19H2,1-7H3;2*1H3;. The third kappa shape index (κ3) is 4.41. The van der Waals surface area contributed by atoms with Crippen LogP contribution in [0.1, 0.15) is 48.6 Å². The van der Waals surface area contributed by atoms with Crippen LogP contribution in [0.5, 0.6) is 0 Å². The van der Waals surface area contributed by atoms with Crippen molar-refractivity contribution in [3.8, 4) is 0 Å². The molecule has 0 spiro atoms. The fourth-order valence-corrected chi connectivity index (χ4v) is 17.3. The fourth-order valence-electron chi connectivity index (χ4n) is 6.86. The van der Waals surface area contributed by atoms with Gasteiger partial charge in [-0.25, -0.2) is 0 Å². The Morgan fingerprint density at radius 3 is 1.49 bits per heavy atom. The second kappa shape index (κ2) is 10.2. The summed E-state index contributed by atoms with van der Waals surface area (Å²) in [6.07, 6.45) is 0. The molecule has 0 aromatic heterocycles. The van der Waals surface area contributed by atoms with Crippen LogP contribution >= 0.6 is 0 Å². The first-order valence-corrected chi connectivity index (χ1v) is 18.9. The van der Waals surface area contributed by atoms with Gasteiger partial charge in [0.15, 0.2) is 0 Å². The zero-order valence-electron chi connectivity index (χ0n) is 23.1. The van der Waals surface area contributed by atoms with Crippen LogP contribution in [0.15, 0.2) is 83.4 Å². The van der Waals surface area contributed by atoms with E-state index in [9.17, 15) is 0 Å². The normalized spacial score (nSPS) is 18.1. The molecule has 0 fully saturated rings. The van der Waals surface area contributed by atoms with Gasteiger partial charge in [0.05, 0.1) is 0 Å². The predicted octanol–water partition coefficient (Wildman–Crippen LogP) is 7.96. The second-order valence-electron chi connectivity index (χ2n) is 10.9. The number of aryl methyl sites for hydroxylation is 4. The van der Waals surface area contributed by atoms with Gasteiger partial charge < -0.3 is 0 Å². The van der Waals surface area contributed by atoms with Crippen molar-refractivity contribution in [3.63, 3.8) is 0 Å². The van der Waals surface area contributed by atoms with Crippen LogP contribution in [-0.2, 0) is 17.9 Å². The van der Waals surface area contributed by atoms with Crippen LogP contribution in [-0.4, -0.2) is 8.80 Å². The first kappa shape index (κ1) is 26.1. The van der Waals surface area contributed by atoms with Crippen molar-refractivity contribution in [2.75, 3.05) is 0 Å². The van der Waals surface area contributed by atoms with E-state index >= 15 is 0 Å². The molecule has 0 nitrogen and oxygen atoms in total. The summed E-state index contributed by atoms with van der Waals surface area (Å²) < 4.78 is 0.204. The van der Waals surface area contributed by atoms with Crippen LogP contribution in [0.4, 0.5) is 0 Å². The van der Waals surface area contributed by atoms with E-state index in [1.165, 1.54) is 45.0 Å². The average molecular weight is 514 g/mol. The zero-order chi connectivity index (χ0) is 25.5. The maximum absolute atomic E-state index is 2.62. The van der Waals surface area contributed by atoms with Crippen molar-refractivity contribution in [2.24, 2.45) is 0 Å². The third-order valence-corrected chi connectivity index (χ3v) is 17.6. The SMILES string of the molecule is CC1=C(C)[C](C[SiH](c2c(C)cccc2C)c2c(C)cccc2C)([Ti]([CH3])[CH3])C(c2ccccc2)=C1C. The van der Waals surface area contributed by atoms with Gasteiger partial charge in [-0.2, -0.15) is 0 Å². The summed E-state index contributed by atoms with van der Waals surface area (Å²) in [5.74, 6) is 0. The number of rotatable bonds is 6. The predicted molar refractivity (Wildman–Crippen MR) is 155 cm³/mol. The van der Waals surface area contributed by atoms with Crippen LogP contribution in [0.2, 0.25) is 20.2 Å². The van der Waals surface area contributed by atoms with Gasteiger partial charge in [-0.05, 0) is 0 Å². The Balaban J connectivity index is 2.04. The van der Waals surface area contributed by atoms with Crippen LogP contribution in [0.25, 0.3) is 5.57 Å². The Morgan fingerprint density at radius 1 is 0.600 bits per heavy atom. The number of hydrogen-bond acceptors (Lipinski definition) is 0. The number of benzene rings is 3. The van der Waals surface area contributed by atoms with Crippen LogP contribution < -0.4 is 10.4 Å². The zero-order valence-corrected chi connectivity index (χ0v) is 25.9. The number of allylic oxidation sites excluding steroid dienone is 4. The molecule has 3 aromatic rings. The van der Waals surface area contributed by atoms with E-state index in [1.807, 2.05) is 0 Å². The maximum atomic E-state index is 2.62. The summed E-state index contributed by atoms with van der Waals surface area (Å²) in [5, 5.41) is 8.59. The molecule has 0 aliphatic heterocycles. The Hall–Kier alpha value is -1.93. The van der Waals surface area contributed by atoms with Crippen molar-refractivity contribution >= 4 is 24.7 Å². The molecule has 0 saturated heterocycles. The van der Waals surface area contributed by atoms with Crippen molar-refractivity contribution in [3.05, 3.63) is 111 Å². The summed E-state index contributed by atoms with van der Waals surface area (Å²) in [6.45, 7) is 16.6. The fraction of sp³-hybridized carbons (Fsp3) is 0.333. The van der Waals surface area contributed by atoms with Gasteiger partial charge >= 0.3 is 223 Å². The molecule has 0 bridgehead atoms. The van der Waals surface area contributed by atoms with Crippen molar-refractivity contribution < 1.29 is 17.9 Å². The van der Waals surface area contributed by atoms with E-state index in [4.69, 9.17) is 0 Å². The van der Waals surface area contributed by atoms with E-state index < -0.39 is 26.7 Å². The Kier molecular flexibility index (Phi) is 7.63. The molecule has 0 heterocycles. The molecule has 3 aromatic carbocycles. The molecule has 4 rings (SSSR count). The summed E-state index contributed by atoms with van der Waals surface area (Å²) >= 11 is -1.50. The molecular weight excluding hydrogens is 472 g/mol. The Labute approximate surface area is 221 Å². The molecule has 35 heavy (non-hydrogen) atoms. The van der Waals surface area contributed by atoms with E-state index in [0.717, 1.165) is 0 Å². The van der Waals surface area contributed by atoms with Crippen molar-refractivity contribution in [1.29, 1.82) is 0 Å². The molecule has 2 heteroatoms. The topological polar surface area (TPSA) is 0 Å². The van der Waals surface area contributed by atoms with E-state index in [0.29, 0.717) is 0 Å². The first-order valence-electron chi connectivity index (χ1n) is 13.0. The van der Waals surface area contributed by atoms with Gasteiger partial charge in [0.25, 0.3) is 0 Å². The van der Waals surface area contributed by atoms with Crippen molar-refractivity contribution in [2.45, 2.75) is 68.7 Å². The minimum atomic E-state index is -1.57. The van der Waals surface area contributed by atoms with Gasteiger partial charge in [-0.15, -0.1) is 0 Å². The molecule has 0 amide bonds. The molecule has 0 radical (unpaired) electrons. The van der Waals surface area contributed by atoms with Gasteiger partial charge in [0, 0.05) is 0 Å². The number of hydrogen-bond donors (Lipinski definition) is 0. The molecule has 1 aliphatic rings. The molecule has 1 aliphatic carbocycles. The summed E-state index contributed by atoms with van der Waals surface area (Å²) in [7, 11) is -1.57. The molecule has 1 unspecified atom stereocenters. The van der Waals surface area contributed by atoms with E-state index in [1.54, 1.807) is 21.5 Å². The first-order chi connectivity index (χ1) is 16.6. The average Bonchev–Trinajstić information content (AvgIpc) is 3.00. The summed E-state index contributed by atoms with van der Waals surface area (Å²) in [5.41, 5.74) is 13.7. The van der Waals surface area contributed by atoms with Crippen LogP contribution in [0, 0.1) is 27.7 Å². The van der Waals surface area contributed by atoms with E-state index in [-0.39, 0.29) is 3.72 Å². The monoisotopic (exact) mass is 513 g/mol. The summed E-state index contributed by atoms with van der Waals surface area (Å²) in [6, 6.07) is 26.5. The molecule has 1 atom stereocenters. The molecule has 0 saturated carbocycles. The van der Waals surface area contributed by atoms with Crippen LogP contribution in [0.3, 0.4) is 0 Å². The van der Waals surface area contributed by atoms with Crippen molar-refractivity contribution in [1.82, 2.24) is 0 Å². The Bertz CT molecular complexity index is 1220. The van der Waals surface area contributed by atoms with E-state index in [2.05, 4.69) is 126 Å². The van der Waals surface area contributed by atoms with Gasteiger partial charge in [0.2, 0.25) is 0 Å². The van der Waals surface area contributed by atoms with Gasteiger partial charge in [0.1, 0.15) is 0 Å². The minimum absolute atomic E-state index is 0.204. The summed E-state index contributed by atoms with van der Waals surface area (Å²) in [4.78, 5) is 0. The third-order valence-electron chi connectivity index (χ3n) is 8.77. The second-order valence-corrected chi connectivity index (χ2v) is 18.0. The molecule has 0 N–H and O–H groups in total. The van der Waals surface area contributed by atoms with Gasteiger partial charge in [-0.1, -0.05) is 0 Å². The van der Waals surface area contributed by atoms with Gasteiger partial charge in [-0.3, -0.25) is 0 Å². The Morgan fingerprint density at radius 2 is 1.06 bits per heavy atom.